The number of nitrogens with one attached hydrogen (secondary N) is 2. The van der Waals surface area contributed by atoms with Crippen molar-refractivity contribution in [2.24, 2.45) is 0 Å². The van der Waals surface area contributed by atoms with Gasteiger partial charge in [-0.15, -0.1) is 0 Å². The van der Waals surface area contributed by atoms with E-state index in [1.807, 2.05) is 12.1 Å². The van der Waals surface area contributed by atoms with E-state index < -0.39 is 0 Å². The lowest BCUT2D eigenvalue weighted by Gasteiger charge is -2.20. The van der Waals surface area contributed by atoms with Gasteiger partial charge in [-0.2, -0.15) is 0 Å². The summed E-state index contributed by atoms with van der Waals surface area (Å²) in [5.74, 6) is 0. The van der Waals surface area contributed by atoms with Crippen LogP contribution in [-0.2, 0) is 6.42 Å². The minimum Gasteiger partial charge on any atom is -0.356 e. The van der Waals surface area contributed by atoms with Crippen molar-refractivity contribution in [3.05, 3.63) is 34.5 Å². The highest BCUT2D eigenvalue weighted by atomic mass is 35.5. The van der Waals surface area contributed by atoms with Crippen molar-refractivity contribution in [1.29, 1.82) is 0 Å². The third-order valence-electron chi connectivity index (χ3n) is 3.18. The Morgan fingerprint density at radius 2 is 2.27 bits per heavy atom. The van der Waals surface area contributed by atoms with Crippen LogP contribution in [-0.4, -0.2) is 11.5 Å². The molecule has 0 fully saturated rings. The predicted molar refractivity (Wildman–Crippen MR) is 63.4 cm³/mol. The van der Waals surface area contributed by atoms with E-state index in [4.69, 9.17) is 11.6 Å². The van der Waals surface area contributed by atoms with Gasteiger partial charge in [0.25, 0.3) is 0 Å². The van der Waals surface area contributed by atoms with E-state index in [0.717, 1.165) is 23.5 Å². The number of aromatic nitrogens is 1. The van der Waals surface area contributed by atoms with Gasteiger partial charge in [-0.05, 0) is 31.5 Å². The summed E-state index contributed by atoms with van der Waals surface area (Å²) in [5.41, 5.74) is 3.81. The van der Waals surface area contributed by atoms with Crippen LogP contribution in [0.25, 0.3) is 10.9 Å². The van der Waals surface area contributed by atoms with E-state index in [9.17, 15) is 0 Å². The van der Waals surface area contributed by atoms with Crippen LogP contribution in [0, 0.1) is 0 Å². The highest BCUT2D eigenvalue weighted by Gasteiger charge is 2.20. The van der Waals surface area contributed by atoms with Gasteiger partial charge in [-0.1, -0.05) is 23.7 Å². The Hall–Kier alpha value is -0.990. The number of hydrogen-bond donors (Lipinski definition) is 2. The van der Waals surface area contributed by atoms with Crippen LogP contribution in [0.1, 0.15) is 24.2 Å². The zero-order valence-electron chi connectivity index (χ0n) is 8.60. The van der Waals surface area contributed by atoms with E-state index in [1.165, 1.54) is 16.6 Å². The second-order valence-electron chi connectivity index (χ2n) is 4.11. The largest absolute Gasteiger partial charge is 0.356 e. The van der Waals surface area contributed by atoms with Crippen LogP contribution >= 0.6 is 11.6 Å². The molecule has 1 aromatic carbocycles. The molecule has 0 bridgehead atoms. The first-order valence-electron chi connectivity index (χ1n) is 5.29. The molecule has 1 atom stereocenters. The van der Waals surface area contributed by atoms with Crippen LogP contribution in [0.4, 0.5) is 0 Å². The van der Waals surface area contributed by atoms with E-state index >= 15 is 0 Å². The van der Waals surface area contributed by atoms with Gasteiger partial charge < -0.3 is 10.3 Å². The Labute approximate surface area is 93.6 Å². The predicted octanol–water partition coefficient (Wildman–Crippen LogP) is 3.03. The number of rotatable bonds is 0. The molecular formula is C12H13ClN2. The van der Waals surface area contributed by atoms with Gasteiger partial charge in [0.2, 0.25) is 0 Å². The summed E-state index contributed by atoms with van der Waals surface area (Å²) in [7, 11) is 0. The summed E-state index contributed by atoms with van der Waals surface area (Å²) >= 11 is 6.17. The average Bonchev–Trinajstić information content (AvgIpc) is 2.60. The van der Waals surface area contributed by atoms with Crippen LogP contribution < -0.4 is 5.32 Å². The van der Waals surface area contributed by atoms with Crippen molar-refractivity contribution >= 4 is 22.5 Å². The van der Waals surface area contributed by atoms with Gasteiger partial charge in [-0.25, -0.2) is 0 Å². The van der Waals surface area contributed by atoms with E-state index in [1.54, 1.807) is 0 Å². The average molecular weight is 221 g/mol. The van der Waals surface area contributed by atoms with Crippen LogP contribution in [0.3, 0.4) is 0 Å². The summed E-state index contributed by atoms with van der Waals surface area (Å²) in [5, 5.41) is 5.54. The summed E-state index contributed by atoms with van der Waals surface area (Å²) in [6.45, 7) is 3.23. The minimum absolute atomic E-state index is 0.400. The van der Waals surface area contributed by atoms with Gasteiger partial charge in [-0.3, -0.25) is 0 Å². The fourth-order valence-electron chi connectivity index (χ4n) is 2.41. The second kappa shape index (κ2) is 3.26. The van der Waals surface area contributed by atoms with E-state index in [2.05, 4.69) is 23.3 Å². The normalized spacial score (nSPS) is 20.5. The molecule has 1 unspecified atom stereocenters. The smallest absolute Gasteiger partial charge is 0.0648 e. The number of H-pyrrole nitrogens is 1. The molecule has 2 aromatic rings. The first-order valence-corrected chi connectivity index (χ1v) is 5.67. The fraction of sp³-hybridized carbons (Fsp3) is 0.333. The Balaban J connectivity index is 2.35. The first kappa shape index (κ1) is 9.25. The maximum atomic E-state index is 6.17. The molecule has 2 nitrogen and oxygen atoms in total. The summed E-state index contributed by atoms with van der Waals surface area (Å²) in [6, 6.07) is 6.50. The van der Waals surface area contributed by atoms with Gasteiger partial charge in [0.15, 0.2) is 0 Å². The minimum atomic E-state index is 0.400. The molecule has 78 valence electrons. The summed E-state index contributed by atoms with van der Waals surface area (Å²) < 4.78 is 0. The van der Waals surface area contributed by atoms with Crippen molar-refractivity contribution in [3.8, 4) is 0 Å². The lowest BCUT2D eigenvalue weighted by molar-refractivity contribution is 0.533. The lowest BCUT2D eigenvalue weighted by atomic mass is 10.0. The number of hydrogen-bond acceptors (Lipinski definition) is 1. The molecule has 0 aliphatic carbocycles. The van der Waals surface area contributed by atoms with E-state index in [0.29, 0.717) is 6.04 Å². The number of aromatic amines is 1. The molecule has 1 aromatic heterocycles. The van der Waals surface area contributed by atoms with Crippen LogP contribution in [0.2, 0.25) is 5.02 Å². The standard InChI is InChI=1S/C12H13ClN2/c1-7-11-9(5-6-14-7)8-3-2-4-10(13)12(8)15-11/h2-4,7,14-15H,5-6H2,1H3. The molecule has 1 aliphatic rings. The molecule has 2 N–H and O–H groups in total. The van der Waals surface area contributed by atoms with Crippen molar-refractivity contribution < 1.29 is 0 Å². The highest BCUT2D eigenvalue weighted by Crippen LogP contribution is 2.32. The van der Waals surface area contributed by atoms with Gasteiger partial charge in [0.05, 0.1) is 10.5 Å². The van der Waals surface area contributed by atoms with Crippen LogP contribution in [0.5, 0.6) is 0 Å². The summed E-state index contributed by atoms with van der Waals surface area (Å²) in [6.07, 6.45) is 1.08. The summed E-state index contributed by atoms with van der Waals surface area (Å²) in [4.78, 5) is 3.44. The monoisotopic (exact) mass is 220 g/mol. The molecule has 15 heavy (non-hydrogen) atoms. The molecule has 0 saturated carbocycles. The molecule has 1 aliphatic heterocycles. The Bertz CT molecular complexity index is 516. The molecular weight excluding hydrogens is 208 g/mol. The molecule has 3 heteroatoms. The van der Waals surface area contributed by atoms with Gasteiger partial charge in [0, 0.05) is 17.1 Å². The SMILES string of the molecule is CC1NCCc2c1[nH]c1c(Cl)cccc21. The molecule has 0 amide bonds. The van der Waals surface area contributed by atoms with Crippen molar-refractivity contribution in [2.75, 3.05) is 6.54 Å². The molecule has 3 rings (SSSR count). The Morgan fingerprint density at radius 3 is 3.13 bits per heavy atom. The maximum absolute atomic E-state index is 6.17. The third-order valence-corrected chi connectivity index (χ3v) is 3.50. The Kier molecular flexibility index (Phi) is 2.01. The topological polar surface area (TPSA) is 27.8 Å². The molecule has 0 saturated heterocycles. The third kappa shape index (κ3) is 1.29. The van der Waals surface area contributed by atoms with Crippen LogP contribution in [0.15, 0.2) is 18.2 Å². The maximum Gasteiger partial charge on any atom is 0.0648 e. The number of halogens is 1. The molecule has 0 radical (unpaired) electrons. The first-order chi connectivity index (χ1) is 7.27. The molecule has 2 heterocycles. The quantitative estimate of drug-likeness (QED) is 0.702. The van der Waals surface area contributed by atoms with Gasteiger partial charge in [0.1, 0.15) is 0 Å². The van der Waals surface area contributed by atoms with Crippen molar-refractivity contribution in [3.63, 3.8) is 0 Å². The fourth-order valence-corrected chi connectivity index (χ4v) is 2.63. The van der Waals surface area contributed by atoms with E-state index in [-0.39, 0.29) is 0 Å². The molecule has 0 spiro atoms. The number of benzene rings is 1. The zero-order chi connectivity index (χ0) is 10.4. The lowest BCUT2D eigenvalue weighted by Crippen LogP contribution is -2.27. The number of para-hydroxylation sites is 1. The number of fused-ring (bicyclic) bond motifs is 3. The Morgan fingerprint density at radius 1 is 1.40 bits per heavy atom. The highest BCUT2D eigenvalue weighted by molar-refractivity contribution is 6.35. The van der Waals surface area contributed by atoms with Crippen molar-refractivity contribution in [2.45, 2.75) is 19.4 Å². The second-order valence-corrected chi connectivity index (χ2v) is 4.51. The van der Waals surface area contributed by atoms with Crippen molar-refractivity contribution in [1.82, 2.24) is 10.3 Å². The zero-order valence-corrected chi connectivity index (χ0v) is 9.36. The van der Waals surface area contributed by atoms with Gasteiger partial charge >= 0.3 is 0 Å².